The molecule has 2 aromatic carbocycles. The summed E-state index contributed by atoms with van der Waals surface area (Å²) in [6.45, 7) is 3.83. The molecule has 0 saturated carbocycles. The van der Waals surface area contributed by atoms with Gasteiger partial charge >= 0.3 is 11.1 Å². The maximum Gasteiger partial charge on any atom is 0.316 e. The molecule has 0 unspecified atom stereocenters. The second kappa shape index (κ2) is 7.64. The summed E-state index contributed by atoms with van der Waals surface area (Å²) in [6, 6.07) is 10.2. The SMILES string of the molecule is CCn1c(=O)c(=O)[nH]c2cc(C(=O)N[C@@H](C)c3ccc(S(N)(=O)=O)cc3)ccc21. The fourth-order valence-electron chi connectivity index (χ4n) is 3.04. The van der Waals surface area contributed by atoms with Crippen LogP contribution >= 0.6 is 0 Å². The molecule has 3 aromatic rings. The summed E-state index contributed by atoms with van der Waals surface area (Å²) in [6.07, 6.45) is 0. The van der Waals surface area contributed by atoms with Crippen molar-refractivity contribution in [2.24, 2.45) is 5.14 Å². The molecule has 0 spiro atoms. The van der Waals surface area contributed by atoms with E-state index in [0.29, 0.717) is 28.7 Å². The number of carbonyl (C=O) groups excluding carboxylic acids is 1. The van der Waals surface area contributed by atoms with Gasteiger partial charge in [0.2, 0.25) is 10.0 Å². The number of nitrogens with one attached hydrogen (secondary N) is 2. The van der Waals surface area contributed by atoms with Crippen molar-refractivity contribution in [1.29, 1.82) is 0 Å². The topological polar surface area (TPSA) is 144 Å². The van der Waals surface area contributed by atoms with Crippen molar-refractivity contribution < 1.29 is 13.2 Å². The fraction of sp³-hybridized carbons (Fsp3) is 0.211. The number of amides is 1. The molecule has 0 fully saturated rings. The third kappa shape index (κ3) is 4.13. The van der Waals surface area contributed by atoms with Gasteiger partial charge in [-0.05, 0) is 49.7 Å². The first-order chi connectivity index (χ1) is 13.6. The van der Waals surface area contributed by atoms with Crippen LogP contribution in [0.1, 0.15) is 35.8 Å². The number of sulfonamides is 1. The Balaban J connectivity index is 1.87. The highest BCUT2D eigenvalue weighted by atomic mass is 32.2. The van der Waals surface area contributed by atoms with Crippen molar-refractivity contribution in [2.45, 2.75) is 31.3 Å². The van der Waals surface area contributed by atoms with Crippen molar-refractivity contribution in [1.82, 2.24) is 14.9 Å². The van der Waals surface area contributed by atoms with E-state index in [1.807, 2.05) is 0 Å². The van der Waals surface area contributed by atoms with Gasteiger partial charge in [-0.3, -0.25) is 14.4 Å². The maximum atomic E-state index is 12.6. The predicted molar refractivity (Wildman–Crippen MR) is 108 cm³/mol. The van der Waals surface area contributed by atoms with Crippen LogP contribution in [0.5, 0.6) is 0 Å². The smallest absolute Gasteiger partial charge is 0.316 e. The number of benzene rings is 2. The molecule has 29 heavy (non-hydrogen) atoms. The summed E-state index contributed by atoms with van der Waals surface area (Å²) in [5.74, 6) is -0.384. The Bertz CT molecular complexity index is 1310. The molecule has 4 N–H and O–H groups in total. The minimum atomic E-state index is -3.79. The predicted octanol–water partition coefficient (Wildman–Crippen LogP) is 0.848. The Morgan fingerprint density at radius 1 is 1.17 bits per heavy atom. The second-order valence-electron chi connectivity index (χ2n) is 6.54. The minimum absolute atomic E-state index is 0.0137. The van der Waals surface area contributed by atoms with Crippen LogP contribution in [-0.4, -0.2) is 23.9 Å². The lowest BCUT2D eigenvalue weighted by atomic mass is 10.1. The Kier molecular flexibility index (Phi) is 5.40. The number of nitrogens with two attached hydrogens (primary N) is 1. The first kappa shape index (κ1) is 20.5. The number of fused-ring (bicyclic) bond motifs is 1. The van der Waals surface area contributed by atoms with Gasteiger partial charge in [0.1, 0.15) is 0 Å². The lowest BCUT2D eigenvalue weighted by molar-refractivity contribution is 0.0940. The summed E-state index contributed by atoms with van der Waals surface area (Å²) in [5.41, 5.74) is 0.519. The van der Waals surface area contributed by atoms with E-state index in [1.54, 1.807) is 38.1 Å². The number of aromatic nitrogens is 2. The number of primary sulfonamides is 1. The van der Waals surface area contributed by atoms with E-state index in [9.17, 15) is 22.8 Å². The van der Waals surface area contributed by atoms with Crippen molar-refractivity contribution in [2.75, 3.05) is 0 Å². The van der Waals surface area contributed by atoms with Crippen LogP contribution in [0.15, 0.2) is 56.9 Å². The molecule has 1 atom stereocenters. The van der Waals surface area contributed by atoms with Gasteiger partial charge in [-0.1, -0.05) is 12.1 Å². The highest BCUT2D eigenvalue weighted by Crippen LogP contribution is 2.17. The van der Waals surface area contributed by atoms with E-state index in [0.717, 1.165) is 0 Å². The van der Waals surface area contributed by atoms with Crippen molar-refractivity contribution >= 4 is 27.0 Å². The fourth-order valence-corrected chi connectivity index (χ4v) is 3.56. The van der Waals surface area contributed by atoms with E-state index in [1.165, 1.54) is 22.8 Å². The lowest BCUT2D eigenvalue weighted by Gasteiger charge is -2.15. The molecular formula is C19H20N4O5S. The number of hydrogen-bond acceptors (Lipinski definition) is 5. The van der Waals surface area contributed by atoms with E-state index < -0.39 is 27.2 Å². The Hall–Kier alpha value is -3.24. The maximum absolute atomic E-state index is 12.6. The van der Waals surface area contributed by atoms with E-state index in [-0.39, 0.29) is 10.8 Å². The number of aryl methyl sites for hydroxylation is 1. The number of rotatable bonds is 5. The average molecular weight is 416 g/mol. The molecule has 1 heterocycles. The molecule has 1 amide bonds. The van der Waals surface area contributed by atoms with Crippen molar-refractivity contribution in [3.8, 4) is 0 Å². The third-order valence-electron chi connectivity index (χ3n) is 4.61. The average Bonchev–Trinajstić information content (AvgIpc) is 2.68. The summed E-state index contributed by atoms with van der Waals surface area (Å²) < 4.78 is 24.0. The zero-order chi connectivity index (χ0) is 21.3. The van der Waals surface area contributed by atoms with Gasteiger partial charge in [0.15, 0.2) is 0 Å². The van der Waals surface area contributed by atoms with E-state index in [2.05, 4.69) is 10.3 Å². The molecule has 0 bridgehead atoms. The van der Waals surface area contributed by atoms with Crippen molar-refractivity contribution in [3.63, 3.8) is 0 Å². The van der Waals surface area contributed by atoms with Crippen LogP contribution in [0.25, 0.3) is 11.0 Å². The van der Waals surface area contributed by atoms with E-state index in [4.69, 9.17) is 5.14 Å². The second-order valence-corrected chi connectivity index (χ2v) is 8.11. The highest BCUT2D eigenvalue weighted by molar-refractivity contribution is 7.89. The molecule has 0 aliphatic heterocycles. The Morgan fingerprint density at radius 2 is 1.83 bits per heavy atom. The number of H-pyrrole nitrogens is 1. The van der Waals surface area contributed by atoms with Gasteiger partial charge in [0.25, 0.3) is 5.91 Å². The van der Waals surface area contributed by atoms with Gasteiger partial charge in [0, 0.05) is 12.1 Å². The standard InChI is InChI=1S/C19H20N4O5S/c1-3-23-16-9-6-13(10-15(16)22-18(25)19(23)26)17(24)21-11(2)12-4-7-14(8-5-12)29(20,27)28/h4-11H,3H2,1-2H3,(H,21,24)(H,22,25)(H2,20,27,28)/t11-/m0/s1. The normalized spacial score (nSPS) is 12.7. The lowest BCUT2D eigenvalue weighted by Crippen LogP contribution is -2.36. The number of hydrogen-bond donors (Lipinski definition) is 3. The number of nitrogens with zero attached hydrogens (tertiary/aromatic N) is 1. The zero-order valence-electron chi connectivity index (χ0n) is 15.8. The molecule has 0 aliphatic carbocycles. The van der Waals surface area contributed by atoms with Gasteiger partial charge in [-0.25, -0.2) is 13.6 Å². The monoisotopic (exact) mass is 416 g/mol. The molecular weight excluding hydrogens is 396 g/mol. The molecule has 1 aromatic heterocycles. The number of carbonyl (C=O) groups is 1. The molecule has 0 aliphatic rings. The molecule has 0 saturated heterocycles. The molecule has 3 rings (SSSR count). The van der Waals surface area contributed by atoms with Crippen LogP contribution in [0, 0.1) is 0 Å². The van der Waals surface area contributed by atoms with Crippen LogP contribution in [0.2, 0.25) is 0 Å². The Morgan fingerprint density at radius 3 is 2.41 bits per heavy atom. The highest BCUT2D eigenvalue weighted by Gasteiger charge is 2.15. The van der Waals surface area contributed by atoms with Gasteiger partial charge in [-0.2, -0.15) is 0 Å². The van der Waals surface area contributed by atoms with Crippen LogP contribution < -0.4 is 21.6 Å². The summed E-state index contributed by atoms with van der Waals surface area (Å²) in [7, 11) is -3.79. The summed E-state index contributed by atoms with van der Waals surface area (Å²) >= 11 is 0. The zero-order valence-corrected chi connectivity index (χ0v) is 16.6. The minimum Gasteiger partial charge on any atom is -0.346 e. The van der Waals surface area contributed by atoms with Gasteiger partial charge in [-0.15, -0.1) is 0 Å². The van der Waals surface area contributed by atoms with Gasteiger partial charge in [0.05, 0.1) is 22.0 Å². The van der Waals surface area contributed by atoms with Crippen LogP contribution in [0.4, 0.5) is 0 Å². The van der Waals surface area contributed by atoms with E-state index >= 15 is 0 Å². The molecule has 0 radical (unpaired) electrons. The third-order valence-corrected chi connectivity index (χ3v) is 5.54. The van der Waals surface area contributed by atoms with Crippen LogP contribution in [0.3, 0.4) is 0 Å². The first-order valence-electron chi connectivity index (χ1n) is 8.82. The molecule has 152 valence electrons. The van der Waals surface area contributed by atoms with Crippen molar-refractivity contribution in [3.05, 3.63) is 74.3 Å². The van der Waals surface area contributed by atoms with Crippen LogP contribution in [-0.2, 0) is 16.6 Å². The molecule has 10 heteroatoms. The largest absolute Gasteiger partial charge is 0.346 e. The Labute approximate surface area is 166 Å². The summed E-state index contributed by atoms with van der Waals surface area (Å²) in [5, 5.41) is 7.89. The number of aromatic amines is 1. The summed E-state index contributed by atoms with van der Waals surface area (Å²) in [4.78, 5) is 38.8. The molecule has 9 nitrogen and oxygen atoms in total. The quantitative estimate of drug-likeness (QED) is 0.528. The van der Waals surface area contributed by atoms with Gasteiger partial charge < -0.3 is 14.9 Å². The first-order valence-corrected chi connectivity index (χ1v) is 10.4.